The number of rotatable bonds is 1. The zero-order chi connectivity index (χ0) is 17.1. The van der Waals surface area contributed by atoms with Crippen molar-refractivity contribution in [2.45, 2.75) is 78.2 Å². The lowest BCUT2D eigenvalue weighted by atomic mass is 9.48. The lowest BCUT2D eigenvalue weighted by Gasteiger charge is -2.56. The molecular weight excluding hydrogens is 300 g/mol. The van der Waals surface area contributed by atoms with E-state index >= 15 is 0 Å². The third-order valence-corrected chi connectivity index (χ3v) is 8.09. The third-order valence-electron chi connectivity index (χ3n) is 8.09. The lowest BCUT2D eigenvalue weighted by Crippen LogP contribution is -2.51. The highest BCUT2D eigenvalue weighted by Gasteiger charge is 2.59. The van der Waals surface area contributed by atoms with Crippen molar-refractivity contribution in [2.75, 3.05) is 0 Å². The van der Waals surface area contributed by atoms with Gasteiger partial charge in [-0.2, -0.15) is 0 Å². The molecule has 0 aromatic heterocycles. The average Bonchev–Trinajstić information content (AvgIpc) is 2.83. The Balaban J connectivity index is 1.65. The van der Waals surface area contributed by atoms with E-state index in [4.69, 9.17) is 4.74 Å². The summed E-state index contributed by atoms with van der Waals surface area (Å²) in [6.07, 6.45) is 10.9. The van der Waals surface area contributed by atoms with Crippen LogP contribution in [-0.4, -0.2) is 17.9 Å². The van der Waals surface area contributed by atoms with E-state index in [1.165, 1.54) is 26.2 Å². The van der Waals surface area contributed by atoms with Crippen LogP contribution in [0.15, 0.2) is 11.6 Å². The molecule has 4 rings (SSSR count). The lowest BCUT2D eigenvalue weighted by molar-refractivity contribution is -0.157. The van der Waals surface area contributed by atoms with Gasteiger partial charge in [0.15, 0.2) is 5.78 Å². The first-order chi connectivity index (χ1) is 11.4. The van der Waals surface area contributed by atoms with Crippen molar-refractivity contribution >= 4 is 11.8 Å². The molecule has 0 radical (unpaired) electrons. The fourth-order valence-electron chi connectivity index (χ4n) is 6.94. The van der Waals surface area contributed by atoms with Gasteiger partial charge < -0.3 is 4.74 Å². The SMILES string of the molecule is CC(=O)OC1CC[C@H]2[C@@H]3CC=C4C(=O)CCC[C@]4(C)[C@H]3CC[C@]12C. The molecular formula is C21H30O3. The molecule has 0 spiro atoms. The molecule has 0 amide bonds. The standard InChI is InChI=1S/C21H30O3/c1-13(22)24-19-9-8-15-14-6-7-17-18(23)5-4-11-20(17,2)16(14)10-12-21(15,19)3/h7,14-16,19H,4-6,8-12H2,1-3H3/t14-,15-,16-,19?,20+,21-/m0/s1. The Morgan fingerprint density at radius 2 is 1.96 bits per heavy atom. The predicted molar refractivity (Wildman–Crippen MR) is 92.3 cm³/mol. The number of ether oxygens (including phenoxy) is 1. The highest BCUT2D eigenvalue weighted by atomic mass is 16.5. The molecule has 0 aromatic rings. The van der Waals surface area contributed by atoms with Crippen LogP contribution in [0.5, 0.6) is 0 Å². The zero-order valence-corrected chi connectivity index (χ0v) is 15.3. The van der Waals surface area contributed by atoms with E-state index in [0.29, 0.717) is 23.5 Å². The van der Waals surface area contributed by atoms with E-state index in [1.54, 1.807) is 0 Å². The maximum absolute atomic E-state index is 12.4. The monoisotopic (exact) mass is 330 g/mol. The highest BCUT2D eigenvalue weighted by molar-refractivity contribution is 5.97. The Morgan fingerprint density at radius 1 is 1.17 bits per heavy atom. The Kier molecular flexibility index (Phi) is 3.71. The van der Waals surface area contributed by atoms with Crippen LogP contribution in [0.4, 0.5) is 0 Å². The molecule has 1 unspecified atom stereocenters. The summed E-state index contributed by atoms with van der Waals surface area (Å²) < 4.78 is 5.70. The van der Waals surface area contributed by atoms with Crippen LogP contribution in [0.25, 0.3) is 0 Å². The van der Waals surface area contributed by atoms with Crippen LogP contribution in [0.3, 0.4) is 0 Å². The molecule has 0 saturated heterocycles. The summed E-state index contributed by atoms with van der Waals surface area (Å²) in [7, 11) is 0. The van der Waals surface area contributed by atoms with Gasteiger partial charge in [-0.05, 0) is 73.7 Å². The fraction of sp³-hybridized carbons (Fsp3) is 0.810. The molecule has 0 aliphatic heterocycles. The first kappa shape index (κ1) is 16.4. The van der Waals surface area contributed by atoms with Crippen LogP contribution in [0.2, 0.25) is 0 Å². The molecule has 3 fully saturated rings. The topological polar surface area (TPSA) is 43.4 Å². The van der Waals surface area contributed by atoms with E-state index in [9.17, 15) is 9.59 Å². The number of carbonyl (C=O) groups is 2. The molecule has 4 aliphatic rings. The Morgan fingerprint density at radius 3 is 2.71 bits per heavy atom. The maximum Gasteiger partial charge on any atom is 0.302 e. The number of hydrogen-bond donors (Lipinski definition) is 0. The molecule has 3 heteroatoms. The third kappa shape index (κ3) is 2.16. The van der Waals surface area contributed by atoms with Crippen LogP contribution >= 0.6 is 0 Å². The summed E-state index contributed by atoms with van der Waals surface area (Å²) in [5, 5.41) is 0. The van der Waals surface area contributed by atoms with E-state index in [2.05, 4.69) is 19.9 Å². The van der Waals surface area contributed by atoms with Gasteiger partial charge in [-0.1, -0.05) is 19.9 Å². The summed E-state index contributed by atoms with van der Waals surface area (Å²) >= 11 is 0. The van der Waals surface area contributed by atoms with E-state index < -0.39 is 0 Å². The first-order valence-electron chi connectivity index (χ1n) is 9.77. The number of carbonyl (C=O) groups excluding carboxylic acids is 2. The summed E-state index contributed by atoms with van der Waals surface area (Å²) in [6, 6.07) is 0. The second-order valence-corrected chi connectivity index (χ2v) is 9.14. The molecule has 3 nitrogen and oxygen atoms in total. The highest BCUT2D eigenvalue weighted by Crippen LogP contribution is 2.64. The minimum absolute atomic E-state index is 0.0899. The van der Waals surface area contributed by atoms with Gasteiger partial charge in [-0.15, -0.1) is 0 Å². The van der Waals surface area contributed by atoms with Crippen molar-refractivity contribution in [3.8, 4) is 0 Å². The first-order valence-corrected chi connectivity index (χ1v) is 9.77. The maximum atomic E-state index is 12.4. The van der Waals surface area contributed by atoms with Gasteiger partial charge in [0, 0.05) is 18.8 Å². The number of esters is 1. The fourth-order valence-corrected chi connectivity index (χ4v) is 6.94. The number of Topliss-reactive ketones (excluding diaryl/α,β-unsaturated/α-hetero) is 1. The van der Waals surface area contributed by atoms with Gasteiger partial charge in [0.2, 0.25) is 0 Å². The van der Waals surface area contributed by atoms with E-state index in [0.717, 1.165) is 37.7 Å². The van der Waals surface area contributed by atoms with Crippen molar-refractivity contribution in [3.63, 3.8) is 0 Å². The predicted octanol–water partition coefficient (Wildman–Crippen LogP) is 4.45. The van der Waals surface area contributed by atoms with Crippen molar-refractivity contribution < 1.29 is 14.3 Å². The molecule has 0 bridgehead atoms. The van der Waals surface area contributed by atoms with Crippen LogP contribution in [0.1, 0.15) is 72.1 Å². The Bertz CT molecular complexity index is 606. The molecule has 0 aromatic carbocycles. The normalized spacial score (nSPS) is 47.3. The van der Waals surface area contributed by atoms with Crippen molar-refractivity contribution in [1.29, 1.82) is 0 Å². The molecule has 4 aliphatic carbocycles. The minimum Gasteiger partial charge on any atom is -0.462 e. The summed E-state index contributed by atoms with van der Waals surface area (Å²) in [4.78, 5) is 24.0. The average molecular weight is 330 g/mol. The molecule has 6 atom stereocenters. The molecule has 24 heavy (non-hydrogen) atoms. The van der Waals surface area contributed by atoms with Crippen LogP contribution < -0.4 is 0 Å². The van der Waals surface area contributed by atoms with E-state index in [1.807, 2.05) is 0 Å². The van der Waals surface area contributed by atoms with Gasteiger partial charge in [-0.3, -0.25) is 9.59 Å². The number of ketones is 1. The number of hydrogen-bond acceptors (Lipinski definition) is 3. The van der Waals surface area contributed by atoms with Gasteiger partial charge in [0.25, 0.3) is 0 Å². The number of allylic oxidation sites excluding steroid dienone is 2. The van der Waals surface area contributed by atoms with Crippen molar-refractivity contribution in [1.82, 2.24) is 0 Å². The largest absolute Gasteiger partial charge is 0.462 e. The van der Waals surface area contributed by atoms with Crippen molar-refractivity contribution in [2.24, 2.45) is 28.6 Å². The quantitative estimate of drug-likeness (QED) is 0.667. The molecule has 0 heterocycles. The van der Waals surface area contributed by atoms with Gasteiger partial charge >= 0.3 is 5.97 Å². The molecule has 132 valence electrons. The Labute approximate surface area is 145 Å². The van der Waals surface area contributed by atoms with Crippen molar-refractivity contribution in [3.05, 3.63) is 11.6 Å². The number of fused-ring (bicyclic) bond motifs is 5. The smallest absolute Gasteiger partial charge is 0.302 e. The molecule has 3 saturated carbocycles. The van der Waals surface area contributed by atoms with Crippen LogP contribution in [0, 0.1) is 28.6 Å². The molecule has 0 N–H and O–H groups in total. The van der Waals surface area contributed by atoms with E-state index in [-0.39, 0.29) is 22.9 Å². The summed E-state index contributed by atoms with van der Waals surface area (Å²) in [6.45, 7) is 6.24. The van der Waals surface area contributed by atoms with Crippen LogP contribution in [-0.2, 0) is 14.3 Å². The van der Waals surface area contributed by atoms with Gasteiger partial charge in [-0.25, -0.2) is 0 Å². The van der Waals surface area contributed by atoms with Gasteiger partial charge in [0.05, 0.1) is 0 Å². The summed E-state index contributed by atoms with van der Waals surface area (Å²) in [5.74, 6) is 2.19. The van der Waals surface area contributed by atoms with Gasteiger partial charge in [0.1, 0.15) is 6.10 Å². The Hall–Kier alpha value is -1.12. The summed E-state index contributed by atoms with van der Waals surface area (Å²) in [5.41, 5.74) is 1.37. The second-order valence-electron chi connectivity index (χ2n) is 9.14. The zero-order valence-electron chi connectivity index (χ0n) is 15.3. The second kappa shape index (κ2) is 5.44. The minimum atomic E-state index is -0.139.